The van der Waals surface area contributed by atoms with E-state index >= 15 is 0 Å². The highest BCUT2D eigenvalue weighted by molar-refractivity contribution is 5.80. The van der Waals surface area contributed by atoms with Crippen molar-refractivity contribution in [1.29, 1.82) is 0 Å². The first-order valence-electron chi connectivity index (χ1n) is 11.2. The Kier molecular flexibility index (Phi) is 7.23. The summed E-state index contributed by atoms with van der Waals surface area (Å²) in [4.78, 5) is 13.1. The van der Waals surface area contributed by atoms with E-state index in [1.54, 1.807) is 11.8 Å². The van der Waals surface area contributed by atoms with Crippen molar-refractivity contribution >= 4 is 12.1 Å². The lowest BCUT2D eigenvalue weighted by Crippen LogP contribution is -2.60. The topological polar surface area (TPSA) is 80.3 Å². The van der Waals surface area contributed by atoms with Gasteiger partial charge in [-0.1, -0.05) is 12.1 Å². The number of halogens is 7. The second-order valence-corrected chi connectivity index (χ2v) is 8.78. The lowest BCUT2D eigenvalue weighted by Gasteiger charge is -2.50. The fraction of sp³-hybridized carbons (Fsp3) is 0.375. The van der Waals surface area contributed by atoms with Crippen molar-refractivity contribution in [3.05, 3.63) is 76.2 Å². The number of aldehydes is 1. The molecule has 38 heavy (non-hydrogen) atoms. The van der Waals surface area contributed by atoms with Crippen molar-refractivity contribution in [3.8, 4) is 0 Å². The molecular formula is C24H21F7N4O3. The minimum atomic E-state index is -5.03. The van der Waals surface area contributed by atoms with E-state index < -0.39 is 47.2 Å². The van der Waals surface area contributed by atoms with Crippen LogP contribution in [-0.2, 0) is 27.4 Å². The number of carbonyl (C=O) groups is 1. The third-order valence-corrected chi connectivity index (χ3v) is 6.36. The molecule has 3 atom stereocenters. The molecule has 14 heteroatoms. The van der Waals surface area contributed by atoms with Gasteiger partial charge < -0.3 is 14.4 Å². The normalized spacial score (nSPS) is 21.4. The molecule has 7 nitrogen and oxygen atoms in total. The number of hydrogen-bond acceptors (Lipinski definition) is 6. The molecular weight excluding hydrogens is 525 g/mol. The number of aromatic amines is 1. The van der Waals surface area contributed by atoms with Crippen molar-refractivity contribution in [1.82, 2.24) is 15.4 Å². The van der Waals surface area contributed by atoms with Crippen LogP contribution < -0.4 is 4.90 Å². The Hall–Kier alpha value is -3.52. The van der Waals surface area contributed by atoms with Gasteiger partial charge in [0.2, 0.25) is 0 Å². The zero-order chi connectivity index (χ0) is 27.9. The number of carbonyl (C=O) groups excluding carboxylic acids is 1. The van der Waals surface area contributed by atoms with E-state index in [0.29, 0.717) is 24.0 Å². The summed E-state index contributed by atoms with van der Waals surface area (Å²) in [5, 5.41) is 10.1. The van der Waals surface area contributed by atoms with Gasteiger partial charge in [-0.25, -0.2) is 4.39 Å². The van der Waals surface area contributed by atoms with E-state index in [1.165, 1.54) is 31.2 Å². The minimum absolute atomic E-state index is 0.00425. The summed E-state index contributed by atoms with van der Waals surface area (Å²) in [7, 11) is 0. The maximum absolute atomic E-state index is 13.7. The molecule has 1 N–H and O–H groups in total. The molecule has 0 bridgehead atoms. The molecule has 0 spiro atoms. The highest BCUT2D eigenvalue weighted by atomic mass is 19.4. The second kappa shape index (κ2) is 9.98. The number of anilines is 1. The number of rotatable bonds is 6. The average Bonchev–Trinajstić information content (AvgIpc) is 3.33. The van der Waals surface area contributed by atoms with Crippen LogP contribution in [0.15, 0.2) is 42.5 Å². The summed E-state index contributed by atoms with van der Waals surface area (Å²) in [6.07, 6.45) is -12.2. The second-order valence-electron chi connectivity index (χ2n) is 8.78. The fourth-order valence-electron chi connectivity index (χ4n) is 4.34. The zero-order valence-electron chi connectivity index (χ0n) is 19.9. The molecule has 1 fully saturated rings. The summed E-state index contributed by atoms with van der Waals surface area (Å²) >= 11 is 0. The number of nitrogens with zero attached hydrogens (tertiary/aromatic N) is 3. The van der Waals surface area contributed by atoms with Crippen molar-refractivity contribution in [3.63, 3.8) is 0 Å². The van der Waals surface area contributed by atoms with Crippen LogP contribution in [0.25, 0.3) is 0 Å². The number of ether oxygens (including phenoxy) is 2. The summed E-state index contributed by atoms with van der Waals surface area (Å²) < 4.78 is 106. The number of H-pyrrole nitrogens is 1. The number of hydrogen-bond donors (Lipinski definition) is 1. The van der Waals surface area contributed by atoms with E-state index in [4.69, 9.17) is 9.47 Å². The van der Waals surface area contributed by atoms with Crippen LogP contribution in [0.3, 0.4) is 0 Å². The number of morpholine rings is 1. The van der Waals surface area contributed by atoms with E-state index in [9.17, 15) is 35.5 Å². The van der Waals surface area contributed by atoms with Crippen LogP contribution in [0.2, 0.25) is 0 Å². The van der Waals surface area contributed by atoms with Crippen LogP contribution >= 0.6 is 0 Å². The van der Waals surface area contributed by atoms with Gasteiger partial charge in [-0.2, -0.15) is 36.7 Å². The predicted octanol–water partition coefficient (Wildman–Crippen LogP) is 5.65. The van der Waals surface area contributed by atoms with E-state index in [1.807, 2.05) is 0 Å². The fourth-order valence-corrected chi connectivity index (χ4v) is 4.34. The molecule has 2 heterocycles. The smallest absolute Gasteiger partial charge is 0.348 e. The molecule has 1 aliphatic rings. The predicted molar refractivity (Wildman–Crippen MR) is 119 cm³/mol. The number of aromatic nitrogens is 3. The summed E-state index contributed by atoms with van der Waals surface area (Å²) in [6.45, 7) is 3.04. The lowest BCUT2D eigenvalue weighted by molar-refractivity contribution is -0.217. The maximum atomic E-state index is 13.7. The molecule has 1 aromatic heterocycles. The molecule has 3 aromatic rings. The summed E-state index contributed by atoms with van der Waals surface area (Å²) in [6, 6.07) is 6.37. The Labute approximate surface area is 211 Å². The van der Waals surface area contributed by atoms with Crippen LogP contribution in [-0.4, -0.2) is 41.1 Å². The van der Waals surface area contributed by atoms with E-state index in [2.05, 4.69) is 15.4 Å². The monoisotopic (exact) mass is 546 g/mol. The molecule has 204 valence electrons. The van der Waals surface area contributed by atoms with Crippen molar-refractivity contribution in [2.45, 2.75) is 44.1 Å². The first-order chi connectivity index (χ1) is 17.7. The van der Waals surface area contributed by atoms with Crippen molar-refractivity contribution in [2.24, 2.45) is 0 Å². The van der Waals surface area contributed by atoms with Gasteiger partial charge >= 0.3 is 12.4 Å². The quantitative estimate of drug-likeness (QED) is 0.318. The van der Waals surface area contributed by atoms with Crippen molar-refractivity contribution in [2.75, 3.05) is 18.1 Å². The standard InChI is InChI=1S/C24H21F7N4O3/c1-13(14-9-16(23(26,27)28)11-17(10-14)24(29,30)31)38-21-22(2,15-3-5-18(25)6-4-15)35(7-8-37-21)20-19(12-36)32-34-33-20/h3-6,9-13,21H,7-8H2,1-2H3,(H,32,33,34)/t13-,21?,22+/m1/s1. The third-order valence-electron chi connectivity index (χ3n) is 6.36. The van der Waals surface area contributed by atoms with Crippen molar-refractivity contribution < 1.29 is 45.0 Å². The molecule has 1 saturated heterocycles. The minimum Gasteiger partial charge on any atom is -0.348 e. The molecule has 0 amide bonds. The van der Waals surface area contributed by atoms with Crippen LogP contribution in [0.1, 0.15) is 52.7 Å². The van der Waals surface area contributed by atoms with Gasteiger partial charge in [0, 0.05) is 6.54 Å². The van der Waals surface area contributed by atoms with Gasteiger partial charge in [0.25, 0.3) is 0 Å². The van der Waals surface area contributed by atoms with Gasteiger partial charge in [0.1, 0.15) is 11.4 Å². The Morgan fingerprint density at radius 1 is 1.08 bits per heavy atom. The first kappa shape index (κ1) is 27.5. The van der Waals surface area contributed by atoms with Gasteiger partial charge in [0.05, 0.1) is 23.8 Å². The molecule has 0 radical (unpaired) electrons. The molecule has 4 rings (SSSR count). The van der Waals surface area contributed by atoms with Gasteiger partial charge in [-0.05, 0) is 55.3 Å². The summed E-state index contributed by atoms with van der Waals surface area (Å²) in [5.74, 6) is -0.445. The molecule has 0 aliphatic carbocycles. The SMILES string of the molecule is C[C@@H](OC1OCCN(c2n[nH]nc2C=O)[C@@]1(C)c1ccc(F)cc1)c1cc(C(F)(F)F)cc(C(F)(F)F)c1. The zero-order valence-corrected chi connectivity index (χ0v) is 19.9. The molecule has 1 unspecified atom stereocenters. The van der Waals surface area contributed by atoms with E-state index in [0.717, 1.165) is 0 Å². The molecule has 0 saturated carbocycles. The van der Waals surface area contributed by atoms with Crippen LogP contribution in [0, 0.1) is 5.82 Å². The maximum Gasteiger partial charge on any atom is 0.416 e. The highest BCUT2D eigenvalue weighted by Crippen LogP contribution is 2.43. The number of benzene rings is 2. The number of alkyl halides is 6. The van der Waals surface area contributed by atoms with Crippen LogP contribution in [0.4, 0.5) is 36.6 Å². The van der Waals surface area contributed by atoms with Crippen LogP contribution in [0.5, 0.6) is 0 Å². The lowest BCUT2D eigenvalue weighted by atomic mass is 9.87. The van der Waals surface area contributed by atoms with E-state index in [-0.39, 0.29) is 36.3 Å². The molecule has 1 aliphatic heterocycles. The first-order valence-corrected chi connectivity index (χ1v) is 11.2. The van der Waals surface area contributed by atoms with Gasteiger partial charge in [-0.15, -0.1) is 5.10 Å². The number of nitrogens with one attached hydrogen (secondary N) is 1. The Balaban J connectivity index is 1.77. The molecule has 2 aromatic carbocycles. The Bertz CT molecular complexity index is 1260. The van der Waals surface area contributed by atoms with Gasteiger partial charge in [-0.3, -0.25) is 4.79 Å². The highest BCUT2D eigenvalue weighted by Gasteiger charge is 2.49. The Morgan fingerprint density at radius 2 is 1.68 bits per heavy atom. The largest absolute Gasteiger partial charge is 0.416 e. The summed E-state index contributed by atoms with van der Waals surface area (Å²) in [5.41, 5.74) is -4.37. The third kappa shape index (κ3) is 5.23. The average molecular weight is 546 g/mol. The Morgan fingerprint density at radius 3 is 2.24 bits per heavy atom. The van der Waals surface area contributed by atoms with Gasteiger partial charge in [0.15, 0.2) is 24.1 Å².